The molecular formula is C22H25NO6S. The lowest BCUT2D eigenvalue weighted by molar-refractivity contribution is -0.133. The van der Waals surface area contributed by atoms with Crippen LogP contribution in [0, 0.1) is 6.92 Å². The van der Waals surface area contributed by atoms with Gasteiger partial charge in [-0.3, -0.25) is 0 Å². The highest BCUT2D eigenvalue weighted by Gasteiger charge is 2.45. The van der Waals surface area contributed by atoms with Crippen LogP contribution in [0.4, 0.5) is 0 Å². The van der Waals surface area contributed by atoms with Crippen LogP contribution in [-0.2, 0) is 14.8 Å². The highest BCUT2D eigenvalue weighted by molar-refractivity contribution is 7.89. The van der Waals surface area contributed by atoms with Crippen LogP contribution in [0.5, 0.6) is 11.5 Å². The summed E-state index contributed by atoms with van der Waals surface area (Å²) < 4.78 is 39.1. The second-order valence-corrected chi connectivity index (χ2v) is 8.91. The third-order valence-corrected chi connectivity index (χ3v) is 7.14. The summed E-state index contributed by atoms with van der Waals surface area (Å²) >= 11 is 0. The summed E-state index contributed by atoms with van der Waals surface area (Å²) in [5, 5.41) is 9.83. The lowest BCUT2D eigenvalue weighted by Crippen LogP contribution is -2.38. The molecule has 2 aromatic rings. The Hall–Kier alpha value is -2.84. The van der Waals surface area contributed by atoms with E-state index in [2.05, 4.69) is 0 Å². The Bertz CT molecular complexity index is 1080. The molecule has 30 heavy (non-hydrogen) atoms. The Morgan fingerprint density at radius 3 is 2.23 bits per heavy atom. The number of hydrogen-bond acceptors (Lipinski definition) is 5. The average Bonchev–Trinajstić information content (AvgIpc) is 3.14. The quantitative estimate of drug-likeness (QED) is 0.721. The van der Waals surface area contributed by atoms with Crippen LogP contribution >= 0.6 is 0 Å². The van der Waals surface area contributed by atoms with Gasteiger partial charge in [0, 0.05) is 6.04 Å². The number of rotatable bonds is 7. The molecule has 0 fully saturated rings. The second kappa shape index (κ2) is 8.49. The molecule has 0 aliphatic carbocycles. The predicted octanol–water partition coefficient (Wildman–Crippen LogP) is 3.55. The number of sulfonamides is 1. The number of carboxylic acid groups (broad SMARTS) is 1. The van der Waals surface area contributed by atoms with Crippen molar-refractivity contribution in [2.45, 2.75) is 37.2 Å². The first kappa shape index (κ1) is 21.9. The summed E-state index contributed by atoms with van der Waals surface area (Å²) in [4.78, 5) is 12.2. The van der Waals surface area contributed by atoms with Crippen LogP contribution in [0.2, 0.25) is 0 Å². The number of hydrogen-bond donors (Lipinski definition) is 1. The monoisotopic (exact) mass is 431 g/mol. The molecule has 0 bridgehead atoms. The van der Waals surface area contributed by atoms with E-state index in [1.807, 2.05) is 13.8 Å². The minimum absolute atomic E-state index is 0.0183. The fourth-order valence-corrected chi connectivity index (χ4v) is 5.49. The number of carbonyl (C=O) groups is 1. The minimum Gasteiger partial charge on any atom is -0.493 e. The van der Waals surface area contributed by atoms with Gasteiger partial charge >= 0.3 is 5.97 Å². The predicted molar refractivity (Wildman–Crippen MR) is 112 cm³/mol. The van der Waals surface area contributed by atoms with E-state index in [0.29, 0.717) is 23.5 Å². The van der Waals surface area contributed by atoms with Crippen molar-refractivity contribution in [2.24, 2.45) is 0 Å². The first-order chi connectivity index (χ1) is 14.2. The molecule has 0 saturated carbocycles. The highest BCUT2D eigenvalue weighted by atomic mass is 32.2. The zero-order valence-electron chi connectivity index (χ0n) is 17.3. The topological polar surface area (TPSA) is 93.1 Å². The van der Waals surface area contributed by atoms with Gasteiger partial charge in [0.1, 0.15) is 0 Å². The normalized spacial score (nSPS) is 19.4. The average molecular weight is 432 g/mol. The molecule has 1 N–H and O–H groups in total. The number of carboxylic acids is 1. The molecule has 0 amide bonds. The molecule has 2 aromatic carbocycles. The summed E-state index contributed by atoms with van der Waals surface area (Å²) in [6.07, 6.45) is 1.96. The zero-order chi connectivity index (χ0) is 22.1. The standard InChI is InChI=1S/C22H25NO6S/c1-5-16-13-18(22(24)25)21(15-8-11-19(28-3)20(12-15)29-4)23(16)30(26,27)17-9-6-14(2)7-10-17/h6-13,16,21H,5H2,1-4H3,(H,24,25)/t16-,21+/m0/s1. The number of aliphatic carboxylic acids is 1. The van der Waals surface area contributed by atoms with Crippen molar-refractivity contribution >= 4 is 16.0 Å². The van der Waals surface area contributed by atoms with Gasteiger partial charge in [-0.15, -0.1) is 0 Å². The summed E-state index contributed by atoms with van der Waals surface area (Å²) in [7, 11) is -1.00. The molecule has 0 spiro atoms. The van der Waals surface area contributed by atoms with Crippen LogP contribution in [0.1, 0.15) is 30.5 Å². The van der Waals surface area contributed by atoms with E-state index in [1.165, 1.54) is 24.6 Å². The van der Waals surface area contributed by atoms with E-state index in [9.17, 15) is 18.3 Å². The minimum atomic E-state index is -3.97. The van der Waals surface area contributed by atoms with Crippen molar-refractivity contribution in [3.8, 4) is 11.5 Å². The summed E-state index contributed by atoms with van der Waals surface area (Å²) in [5.74, 6) is -0.290. The first-order valence-electron chi connectivity index (χ1n) is 9.51. The first-order valence-corrected chi connectivity index (χ1v) is 11.0. The van der Waals surface area contributed by atoms with Gasteiger partial charge < -0.3 is 14.6 Å². The Labute approximate surface area is 176 Å². The molecule has 8 heteroatoms. The van der Waals surface area contributed by atoms with Gasteiger partial charge in [-0.25, -0.2) is 13.2 Å². The molecule has 160 valence electrons. The number of benzene rings is 2. The Kier molecular flexibility index (Phi) is 6.19. The maximum atomic E-state index is 13.6. The van der Waals surface area contributed by atoms with Crippen molar-refractivity contribution in [1.29, 1.82) is 0 Å². The van der Waals surface area contributed by atoms with E-state index in [1.54, 1.807) is 42.5 Å². The smallest absolute Gasteiger partial charge is 0.333 e. The lowest BCUT2D eigenvalue weighted by atomic mass is 10.0. The van der Waals surface area contributed by atoms with Gasteiger partial charge in [-0.05, 0) is 43.2 Å². The van der Waals surface area contributed by atoms with Crippen LogP contribution in [0.3, 0.4) is 0 Å². The number of methoxy groups -OCH3 is 2. The maximum absolute atomic E-state index is 13.6. The summed E-state index contributed by atoms with van der Waals surface area (Å²) in [6.45, 7) is 3.70. The van der Waals surface area contributed by atoms with E-state index >= 15 is 0 Å². The molecule has 0 unspecified atom stereocenters. The van der Waals surface area contributed by atoms with Crippen molar-refractivity contribution in [3.05, 3.63) is 65.2 Å². The van der Waals surface area contributed by atoms with Crippen molar-refractivity contribution in [1.82, 2.24) is 4.31 Å². The number of ether oxygens (including phenoxy) is 2. The second-order valence-electron chi connectivity index (χ2n) is 7.07. The molecule has 0 radical (unpaired) electrons. The highest BCUT2D eigenvalue weighted by Crippen LogP contribution is 2.43. The number of nitrogens with zero attached hydrogens (tertiary/aromatic N) is 1. The fraction of sp³-hybridized carbons (Fsp3) is 0.318. The molecule has 1 aliphatic heterocycles. The molecule has 3 rings (SSSR count). The Morgan fingerprint density at radius 2 is 1.70 bits per heavy atom. The van der Waals surface area contributed by atoms with Crippen molar-refractivity contribution in [2.75, 3.05) is 14.2 Å². The zero-order valence-corrected chi connectivity index (χ0v) is 18.1. The Morgan fingerprint density at radius 1 is 1.07 bits per heavy atom. The van der Waals surface area contributed by atoms with Gasteiger partial charge in [0.25, 0.3) is 0 Å². The summed E-state index contributed by atoms with van der Waals surface area (Å²) in [6, 6.07) is 9.89. The third kappa shape index (κ3) is 3.80. The van der Waals surface area contributed by atoms with Crippen molar-refractivity contribution < 1.29 is 27.8 Å². The van der Waals surface area contributed by atoms with Crippen LogP contribution in [-0.4, -0.2) is 44.1 Å². The van der Waals surface area contributed by atoms with Crippen LogP contribution in [0.25, 0.3) is 0 Å². The molecule has 1 heterocycles. The molecule has 0 aromatic heterocycles. The van der Waals surface area contributed by atoms with E-state index in [0.717, 1.165) is 5.56 Å². The molecule has 1 aliphatic rings. The summed E-state index contributed by atoms with van der Waals surface area (Å²) in [5.41, 5.74) is 1.45. The SMILES string of the molecule is CC[C@H]1C=C(C(=O)O)[C@@H](c2ccc(OC)c(OC)c2)N1S(=O)(=O)c1ccc(C)cc1. The number of aryl methyl sites for hydroxylation is 1. The lowest BCUT2D eigenvalue weighted by Gasteiger charge is -2.30. The van der Waals surface area contributed by atoms with Gasteiger partial charge in [-0.1, -0.05) is 36.8 Å². The molecule has 2 atom stereocenters. The molecule has 7 nitrogen and oxygen atoms in total. The third-order valence-electron chi connectivity index (χ3n) is 5.23. The van der Waals surface area contributed by atoms with E-state index < -0.39 is 28.1 Å². The van der Waals surface area contributed by atoms with Gasteiger partial charge in [0.05, 0.1) is 30.7 Å². The molecular weight excluding hydrogens is 406 g/mol. The van der Waals surface area contributed by atoms with E-state index in [-0.39, 0.29) is 10.5 Å². The van der Waals surface area contributed by atoms with Crippen LogP contribution < -0.4 is 9.47 Å². The fourth-order valence-electron chi connectivity index (χ4n) is 3.68. The van der Waals surface area contributed by atoms with Gasteiger partial charge in [0.2, 0.25) is 10.0 Å². The van der Waals surface area contributed by atoms with Crippen LogP contribution in [0.15, 0.2) is 59.0 Å². The largest absolute Gasteiger partial charge is 0.493 e. The van der Waals surface area contributed by atoms with Crippen molar-refractivity contribution in [3.63, 3.8) is 0 Å². The van der Waals surface area contributed by atoms with E-state index in [4.69, 9.17) is 9.47 Å². The van der Waals surface area contributed by atoms with Gasteiger partial charge in [0.15, 0.2) is 11.5 Å². The Balaban J connectivity index is 2.19. The maximum Gasteiger partial charge on any atom is 0.333 e. The van der Waals surface area contributed by atoms with Gasteiger partial charge in [-0.2, -0.15) is 4.31 Å². The molecule has 0 saturated heterocycles.